The molecule has 0 fully saturated rings. The van der Waals surface area contributed by atoms with E-state index in [1.54, 1.807) is 13.1 Å². The highest BCUT2D eigenvalue weighted by molar-refractivity contribution is 5.94. The van der Waals surface area contributed by atoms with Crippen molar-refractivity contribution in [3.8, 4) is 0 Å². The summed E-state index contributed by atoms with van der Waals surface area (Å²) in [5.74, 6) is -0.373. The van der Waals surface area contributed by atoms with E-state index in [2.05, 4.69) is 20.9 Å². The van der Waals surface area contributed by atoms with Crippen molar-refractivity contribution < 1.29 is 9.59 Å². The number of urea groups is 1. The van der Waals surface area contributed by atoms with Crippen molar-refractivity contribution in [2.45, 2.75) is 25.9 Å². The molecule has 0 aliphatic rings. The van der Waals surface area contributed by atoms with Crippen LogP contribution in [0.3, 0.4) is 0 Å². The van der Waals surface area contributed by atoms with E-state index >= 15 is 0 Å². The molecule has 1 unspecified atom stereocenters. The number of nitrogens with one attached hydrogen (secondary N) is 2. The summed E-state index contributed by atoms with van der Waals surface area (Å²) in [5.41, 5.74) is 6.28. The minimum Gasteiger partial charge on any atom is -0.341 e. The lowest BCUT2D eigenvalue weighted by Gasteiger charge is -2.02. The number of hydrogen-bond donors (Lipinski definition) is 3. The van der Waals surface area contributed by atoms with E-state index in [0.717, 1.165) is 0 Å². The largest absolute Gasteiger partial charge is 0.341 e. The third-order valence-electron chi connectivity index (χ3n) is 2.07. The number of aromatic nitrogens is 3. The predicted octanol–water partition coefficient (Wildman–Crippen LogP) is -0.856. The monoisotopic (exact) mass is 240 g/mol. The van der Waals surface area contributed by atoms with Gasteiger partial charge in [0.25, 0.3) is 0 Å². The smallest absolute Gasteiger partial charge is 0.321 e. The zero-order chi connectivity index (χ0) is 12.8. The first kappa shape index (κ1) is 13.1. The quantitative estimate of drug-likeness (QED) is 0.633. The molecule has 1 aromatic heterocycles. The van der Waals surface area contributed by atoms with Crippen LogP contribution in [-0.4, -0.2) is 34.0 Å². The Labute approximate surface area is 98.5 Å². The van der Waals surface area contributed by atoms with Crippen LogP contribution >= 0.6 is 0 Å². The first-order valence-corrected chi connectivity index (χ1v) is 5.20. The van der Waals surface area contributed by atoms with Gasteiger partial charge in [-0.2, -0.15) is 0 Å². The average Bonchev–Trinajstić information content (AvgIpc) is 2.75. The molecule has 0 aliphatic carbocycles. The molecule has 0 saturated heterocycles. The molecule has 8 heteroatoms. The Morgan fingerprint density at radius 2 is 2.29 bits per heavy atom. The summed E-state index contributed by atoms with van der Waals surface area (Å²) in [4.78, 5) is 22.1. The number of nitrogens with two attached hydrogens (primary N) is 1. The van der Waals surface area contributed by atoms with Crippen LogP contribution in [0, 0.1) is 0 Å². The van der Waals surface area contributed by atoms with Crippen molar-refractivity contribution in [1.82, 2.24) is 25.6 Å². The zero-order valence-electron chi connectivity index (χ0n) is 9.80. The number of carbonyl (C=O) groups excluding carboxylic acids is 2. The zero-order valence-corrected chi connectivity index (χ0v) is 9.80. The van der Waals surface area contributed by atoms with Crippen LogP contribution in [-0.2, 0) is 11.3 Å². The fourth-order valence-electron chi connectivity index (χ4n) is 1.10. The fourth-order valence-corrected chi connectivity index (χ4v) is 1.10. The highest BCUT2D eigenvalue weighted by atomic mass is 16.2. The van der Waals surface area contributed by atoms with Gasteiger partial charge in [-0.05, 0) is 6.92 Å². The van der Waals surface area contributed by atoms with Gasteiger partial charge in [-0.15, -0.1) is 5.10 Å². The average molecular weight is 240 g/mol. The molecular formula is C9H16N6O2. The van der Waals surface area contributed by atoms with Crippen molar-refractivity contribution >= 4 is 11.9 Å². The summed E-state index contributed by atoms with van der Waals surface area (Å²) in [5, 5.41) is 12.1. The lowest BCUT2D eigenvalue weighted by molar-refractivity contribution is -0.120. The van der Waals surface area contributed by atoms with Crippen LogP contribution in [0.4, 0.5) is 4.79 Å². The van der Waals surface area contributed by atoms with Gasteiger partial charge in [0.05, 0.1) is 18.4 Å². The van der Waals surface area contributed by atoms with E-state index in [-0.39, 0.29) is 18.4 Å². The summed E-state index contributed by atoms with van der Waals surface area (Å²) in [6.07, 6.45) is 1.83. The minimum absolute atomic E-state index is 0.148. The summed E-state index contributed by atoms with van der Waals surface area (Å²) in [7, 11) is 1.44. The third-order valence-corrected chi connectivity index (χ3v) is 2.07. The topological polar surface area (TPSA) is 115 Å². The first-order chi connectivity index (χ1) is 8.02. The fraction of sp³-hybridized carbons (Fsp3) is 0.556. The van der Waals surface area contributed by atoms with Gasteiger partial charge in [0.2, 0.25) is 5.91 Å². The Kier molecular flexibility index (Phi) is 4.58. The Bertz CT molecular complexity index is 400. The molecule has 1 atom stereocenters. The molecular weight excluding hydrogens is 224 g/mol. The summed E-state index contributed by atoms with van der Waals surface area (Å²) in [6.45, 7) is 2.15. The molecule has 0 spiro atoms. The SMILES string of the molecule is CNC(=O)NC(=O)CCn1cc(C(C)N)nn1. The predicted molar refractivity (Wildman–Crippen MR) is 59.8 cm³/mol. The van der Waals surface area contributed by atoms with Gasteiger partial charge in [-0.1, -0.05) is 5.21 Å². The highest BCUT2D eigenvalue weighted by Gasteiger charge is 2.08. The van der Waals surface area contributed by atoms with Crippen molar-refractivity contribution in [2.75, 3.05) is 7.05 Å². The Morgan fingerprint density at radius 3 is 2.82 bits per heavy atom. The molecule has 0 radical (unpaired) electrons. The van der Waals surface area contributed by atoms with Crippen molar-refractivity contribution in [3.05, 3.63) is 11.9 Å². The maximum atomic E-state index is 11.3. The molecule has 0 bridgehead atoms. The second-order valence-corrected chi connectivity index (χ2v) is 3.57. The van der Waals surface area contributed by atoms with Gasteiger partial charge < -0.3 is 11.1 Å². The molecule has 1 heterocycles. The number of carbonyl (C=O) groups is 2. The molecule has 94 valence electrons. The van der Waals surface area contributed by atoms with E-state index in [1.165, 1.54) is 11.7 Å². The molecule has 8 nitrogen and oxygen atoms in total. The van der Waals surface area contributed by atoms with Crippen molar-refractivity contribution in [2.24, 2.45) is 5.73 Å². The molecule has 17 heavy (non-hydrogen) atoms. The molecule has 1 aromatic rings. The first-order valence-electron chi connectivity index (χ1n) is 5.20. The van der Waals surface area contributed by atoms with Crippen LogP contribution in [0.1, 0.15) is 25.1 Å². The van der Waals surface area contributed by atoms with E-state index in [4.69, 9.17) is 5.73 Å². The number of amides is 3. The number of aryl methyl sites for hydroxylation is 1. The van der Waals surface area contributed by atoms with E-state index < -0.39 is 6.03 Å². The standard InChI is InChI=1S/C9H16N6O2/c1-6(10)7-5-15(14-13-7)4-3-8(16)12-9(17)11-2/h5-6H,3-4,10H2,1-2H3,(H2,11,12,16,17). The van der Waals surface area contributed by atoms with Crippen molar-refractivity contribution in [3.63, 3.8) is 0 Å². The van der Waals surface area contributed by atoms with Gasteiger partial charge in [0.1, 0.15) is 0 Å². The molecule has 0 aromatic carbocycles. The molecule has 1 rings (SSSR count). The lowest BCUT2D eigenvalue weighted by Crippen LogP contribution is -2.37. The Hall–Kier alpha value is -1.96. The van der Waals surface area contributed by atoms with Gasteiger partial charge in [0, 0.05) is 19.5 Å². The summed E-state index contributed by atoms with van der Waals surface area (Å²) < 4.78 is 1.52. The maximum Gasteiger partial charge on any atom is 0.321 e. The molecule has 4 N–H and O–H groups in total. The number of rotatable bonds is 4. The van der Waals surface area contributed by atoms with Gasteiger partial charge in [-0.3, -0.25) is 14.8 Å². The maximum absolute atomic E-state index is 11.3. The minimum atomic E-state index is -0.523. The van der Waals surface area contributed by atoms with Crippen LogP contribution in [0.5, 0.6) is 0 Å². The van der Waals surface area contributed by atoms with Crippen LogP contribution in [0.15, 0.2) is 6.20 Å². The summed E-state index contributed by atoms with van der Waals surface area (Å²) >= 11 is 0. The second kappa shape index (κ2) is 5.94. The molecule has 0 saturated carbocycles. The van der Waals surface area contributed by atoms with Crippen LogP contribution in [0.2, 0.25) is 0 Å². The summed E-state index contributed by atoms with van der Waals surface area (Å²) in [6, 6.07) is -0.715. The Balaban J connectivity index is 2.39. The normalized spacial score (nSPS) is 11.9. The number of imide groups is 1. The lowest BCUT2D eigenvalue weighted by atomic mass is 10.3. The number of hydrogen-bond acceptors (Lipinski definition) is 5. The third kappa shape index (κ3) is 4.19. The van der Waals surface area contributed by atoms with E-state index in [1.807, 2.05) is 0 Å². The second-order valence-electron chi connectivity index (χ2n) is 3.57. The number of nitrogens with zero attached hydrogens (tertiary/aromatic N) is 3. The molecule has 3 amide bonds. The van der Waals surface area contributed by atoms with E-state index in [0.29, 0.717) is 12.2 Å². The highest BCUT2D eigenvalue weighted by Crippen LogP contribution is 2.03. The van der Waals surface area contributed by atoms with Crippen molar-refractivity contribution in [1.29, 1.82) is 0 Å². The van der Waals surface area contributed by atoms with Gasteiger partial charge in [0.15, 0.2) is 0 Å². The van der Waals surface area contributed by atoms with Gasteiger partial charge in [-0.25, -0.2) is 4.79 Å². The van der Waals surface area contributed by atoms with Gasteiger partial charge >= 0.3 is 6.03 Å². The molecule has 0 aliphatic heterocycles. The van der Waals surface area contributed by atoms with E-state index in [9.17, 15) is 9.59 Å². The Morgan fingerprint density at radius 1 is 1.59 bits per heavy atom. The van der Waals surface area contributed by atoms with Crippen LogP contribution in [0.25, 0.3) is 0 Å². The van der Waals surface area contributed by atoms with Crippen LogP contribution < -0.4 is 16.4 Å².